The molecule has 35 heavy (non-hydrogen) atoms. The highest BCUT2D eigenvalue weighted by atomic mass is 35.5. The number of hydrogen-bond donors (Lipinski definition) is 3. The average Bonchev–Trinajstić information content (AvgIpc) is 3.36. The van der Waals surface area contributed by atoms with E-state index in [1.54, 1.807) is 43.5 Å². The number of amides is 1. The number of methoxy groups -OCH3 is 2. The number of hydrogen-bond acceptors (Lipinski definition) is 7. The quantitative estimate of drug-likeness (QED) is 0.255. The van der Waals surface area contributed by atoms with Gasteiger partial charge in [-0.15, -0.1) is 5.10 Å². The molecule has 178 valence electrons. The molecule has 1 heterocycles. The lowest BCUT2D eigenvalue weighted by Crippen LogP contribution is -2.19. The van der Waals surface area contributed by atoms with Gasteiger partial charge in [-0.05, 0) is 59.6 Å². The van der Waals surface area contributed by atoms with Crippen molar-refractivity contribution in [1.29, 1.82) is 0 Å². The van der Waals surface area contributed by atoms with E-state index in [4.69, 9.17) is 33.3 Å². The van der Waals surface area contributed by atoms with Gasteiger partial charge in [0, 0.05) is 17.4 Å². The SMILES string of the molecule is COc1cc(OC)c(NC(=S)Nc2ccc(NC(=O)c3nnsc3-c3ccccc3)cc2)cc1Cl. The van der Waals surface area contributed by atoms with Crippen LogP contribution in [0.15, 0.2) is 66.7 Å². The molecule has 0 radical (unpaired) electrons. The van der Waals surface area contributed by atoms with E-state index in [9.17, 15) is 4.79 Å². The summed E-state index contributed by atoms with van der Waals surface area (Å²) in [7, 11) is 3.07. The average molecular weight is 526 g/mol. The Balaban J connectivity index is 1.40. The maximum absolute atomic E-state index is 12.8. The van der Waals surface area contributed by atoms with Gasteiger partial charge in [-0.1, -0.05) is 46.4 Å². The number of nitrogens with one attached hydrogen (secondary N) is 3. The van der Waals surface area contributed by atoms with Crippen molar-refractivity contribution in [3.05, 3.63) is 77.4 Å². The lowest BCUT2D eigenvalue weighted by Gasteiger charge is -2.15. The minimum atomic E-state index is -0.334. The normalized spacial score (nSPS) is 10.4. The highest BCUT2D eigenvalue weighted by molar-refractivity contribution is 7.80. The van der Waals surface area contributed by atoms with Gasteiger partial charge in [0.05, 0.1) is 29.8 Å². The van der Waals surface area contributed by atoms with Crippen LogP contribution in [0.1, 0.15) is 10.5 Å². The Kier molecular flexibility index (Phi) is 7.76. The van der Waals surface area contributed by atoms with E-state index in [1.165, 1.54) is 18.6 Å². The first-order chi connectivity index (χ1) is 17.0. The Labute approximate surface area is 216 Å². The summed E-state index contributed by atoms with van der Waals surface area (Å²) in [4.78, 5) is 13.5. The van der Waals surface area contributed by atoms with Crippen molar-refractivity contribution < 1.29 is 14.3 Å². The van der Waals surface area contributed by atoms with E-state index in [0.29, 0.717) is 37.9 Å². The molecule has 1 amide bonds. The van der Waals surface area contributed by atoms with Crippen LogP contribution in [-0.4, -0.2) is 34.8 Å². The number of rotatable bonds is 7. The van der Waals surface area contributed by atoms with Gasteiger partial charge in [0.1, 0.15) is 11.5 Å². The monoisotopic (exact) mass is 525 g/mol. The molecule has 0 atom stereocenters. The number of anilines is 3. The first-order valence-electron chi connectivity index (χ1n) is 10.3. The third kappa shape index (κ3) is 5.86. The van der Waals surface area contributed by atoms with Crippen molar-refractivity contribution in [2.45, 2.75) is 0 Å². The van der Waals surface area contributed by atoms with Gasteiger partial charge in [-0.25, -0.2) is 0 Å². The van der Waals surface area contributed by atoms with E-state index in [2.05, 4.69) is 25.5 Å². The largest absolute Gasteiger partial charge is 0.495 e. The van der Waals surface area contributed by atoms with Gasteiger partial charge < -0.3 is 25.4 Å². The molecule has 0 spiro atoms. The predicted molar refractivity (Wildman–Crippen MR) is 144 cm³/mol. The molecule has 0 saturated carbocycles. The lowest BCUT2D eigenvalue weighted by molar-refractivity contribution is 0.102. The van der Waals surface area contributed by atoms with Crippen molar-refractivity contribution in [1.82, 2.24) is 9.59 Å². The Morgan fingerprint density at radius 3 is 2.23 bits per heavy atom. The minimum Gasteiger partial charge on any atom is -0.495 e. The topological polar surface area (TPSA) is 97.4 Å². The zero-order chi connectivity index (χ0) is 24.8. The fourth-order valence-corrected chi connectivity index (χ4v) is 4.32. The molecule has 4 rings (SSSR count). The summed E-state index contributed by atoms with van der Waals surface area (Å²) >= 11 is 12.8. The standard InChI is InChI=1S/C24H20ClN5O3S2/c1-32-19-13-20(33-2)18(12-17(19)25)28-24(34)27-16-10-8-15(9-11-16)26-23(31)21-22(35-30-29-21)14-6-4-3-5-7-14/h3-13H,1-2H3,(H,26,31)(H2,27,28,34). The van der Waals surface area contributed by atoms with Gasteiger partial charge in [-0.2, -0.15) is 0 Å². The molecule has 0 bridgehead atoms. The van der Waals surface area contributed by atoms with Gasteiger partial charge >= 0.3 is 0 Å². The summed E-state index contributed by atoms with van der Waals surface area (Å²) in [6.45, 7) is 0. The number of carbonyl (C=O) groups is 1. The number of ether oxygens (including phenoxy) is 2. The van der Waals surface area contributed by atoms with Crippen molar-refractivity contribution in [2.75, 3.05) is 30.2 Å². The number of halogens is 1. The number of carbonyl (C=O) groups excluding carboxylic acids is 1. The molecule has 0 unspecified atom stereocenters. The van der Waals surface area contributed by atoms with Gasteiger partial charge in [0.25, 0.3) is 5.91 Å². The Hall–Kier alpha value is -3.73. The van der Waals surface area contributed by atoms with Crippen LogP contribution < -0.4 is 25.4 Å². The van der Waals surface area contributed by atoms with E-state index in [0.717, 1.165) is 11.3 Å². The molecule has 4 aromatic rings. The Morgan fingerprint density at radius 2 is 1.57 bits per heavy atom. The molecule has 0 aliphatic rings. The van der Waals surface area contributed by atoms with Crippen molar-refractivity contribution in [2.24, 2.45) is 0 Å². The lowest BCUT2D eigenvalue weighted by atomic mass is 10.1. The highest BCUT2D eigenvalue weighted by Crippen LogP contribution is 2.36. The molecule has 3 aromatic carbocycles. The van der Waals surface area contributed by atoms with E-state index >= 15 is 0 Å². The molecule has 11 heteroatoms. The first kappa shape index (κ1) is 24.4. The molecular weight excluding hydrogens is 506 g/mol. The Bertz CT molecular complexity index is 1350. The van der Waals surface area contributed by atoms with Crippen LogP contribution >= 0.6 is 35.4 Å². The predicted octanol–water partition coefficient (Wildman–Crippen LogP) is 5.94. The zero-order valence-electron chi connectivity index (χ0n) is 18.7. The van der Waals surface area contributed by atoms with Crippen LogP contribution in [0.25, 0.3) is 10.4 Å². The molecule has 0 aliphatic carbocycles. The second-order valence-corrected chi connectivity index (χ2v) is 8.68. The third-order valence-electron chi connectivity index (χ3n) is 4.86. The van der Waals surface area contributed by atoms with Crippen molar-refractivity contribution >= 4 is 63.4 Å². The highest BCUT2D eigenvalue weighted by Gasteiger charge is 2.18. The van der Waals surface area contributed by atoms with E-state index in [-0.39, 0.29) is 11.6 Å². The summed E-state index contributed by atoms with van der Waals surface area (Å²) in [5, 5.41) is 13.8. The van der Waals surface area contributed by atoms with Crippen LogP contribution in [0, 0.1) is 0 Å². The maximum Gasteiger partial charge on any atom is 0.277 e. The molecule has 1 aromatic heterocycles. The number of nitrogens with zero attached hydrogens (tertiary/aromatic N) is 2. The third-order valence-corrected chi connectivity index (χ3v) is 6.14. The first-order valence-corrected chi connectivity index (χ1v) is 11.8. The van der Waals surface area contributed by atoms with Crippen LogP contribution in [-0.2, 0) is 0 Å². The zero-order valence-corrected chi connectivity index (χ0v) is 21.1. The summed E-state index contributed by atoms with van der Waals surface area (Å²) in [6, 6.07) is 20.0. The van der Waals surface area contributed by atoms with Crippen LogP contribution in [0.5, 0.6) is 11.5 Å². The fraction of sp³-hybridized carbons (Fsp3) is 0.0833. The minimum absolute atomic E-state index is 0.279. The maximum atomic E-state index is 12.8. The van der Waals surface area contributed by atoms with Gasteiger partial charge in [0.15, 0.2) is 10.8 Å². The van der Waals surface area contributed by atoms with Crippen LogP contribution in [0.3, 0.4) is 0 Å². The second kappa shape index (κ2) is 11.1. The molecule has 0 fully saturated rings. The summed E-state index contributed by atoms with van der Waals surface area (Å²) in [5.74, 6) is 0.689. The summed E-state index contributed by atoms with van der Waals surface area (Å²) in [6.07, 6.45) is 0. The van der Waals surface area contributed by atoms with Crippen molar-refractivity contribution in [3.8, 4) is 21.9 Å². The molecular formula is C24H20ClN5O3S2. The number of thiocarbonyl (C=S) groups is 1. The smallest absolute Gasteiger partial charge is 0.277 e. The van der Waals surface area contributed by atoms with Crippen LogP contribution in [0.2, 0.25) is 5.02 Å². The van der Waals surface area contributed by atoms with Crippen LogP contribution in [0.4, 0.5) is 17.1 Å². The number of aromatic nitrogens is 2. The fourth-order valence-electron chi connectivity index (χ4n) is 3.19. The van der Waals surface area contributed by atoms with Gasteiger partial charge in [0.2, 0.25) is 0 Å². The second-order valence-electron chi connectivity index (χ2n) is 7.11. The summed E-state index contributed by atoms with van der Waals surface area (Å²) < 4.78 is 14.5. The van der Waals surface area contributed by atoms with Gasteiger partial charge in [-0.3, -0.25) is 4.79 Å². The molecule has 0 saturated heterocycles. The number of benzene rings is 3. The molecule has 0 aliphatic heterocycles. The molecule has 8 nitrogen and oxygen atoms in total. The van der Waals surface area contributed by atoms with Crippen molar-refractivity contribution in [3.63, 3.8) is 0 Å². The Morgan fingerprint density at radius 1 is 0.914 bits per heavy atom. The van der Waals surface area contributed by atoms with E-state index in [1.807, 2.05) is 30.3 Å². The summed E-state index contributed by atoms with van der Waals surface area (Å²) in [5.41, 5.74) is 3.09. The molecule has 3 N–H and O–H groups in total. The van der Waals surface area contributed by atoms with E-state index < -0.39 is 0 Å².